The molecule has 0 unspecified atom stereocenters. The van der Waals surface area contributed by atoms with Gasteiger partial charge in [0.25, 0.3) is 0 Å². The molecule has 0 bridgehead atoms. The number of benzene rings is 9. The second kappa shape index (κ2) is 13.8. The maximum atomic E-state index is 4.96. The van der Waals surface area contributed by atoms with E-state index in [0.717, 1.165) is 50.5 Å². The Morgan fingerprint density at radius 2 is 1.15 bits per heavy atom. The number of nitrogens with zero attached hydrogens (tertiary/aromatic N) is 4. The van der Waals surface area contributed by atoms with Crippen molar-refractivity contribution in [1.29, 1.82) is 0 Å². The third kappa shape index (κ3) is 5.88. The van der Waals surface area contributed by atoms with Gasteiger partial charge in [-0.25, -0.2) is 0 Å². The van der Waals surface area contributed by atoms with Gasteiger partial charge in [-0.2, -0.15) is 8.75 Å². The molecule has 0 aliphatic carbocycles. The topological polar surface area (TPSA) is 34.0 Å². The third-order valence-electron chi connectivity index (χ3n) is 11.8. The molecule has 0 atom stereocenters. The molecule has 0 saturated heterocycles. The maximum absolute atomic E-state index is 4.96. The number of anilines is 3. The van der Waals surface area contributed by atoms with Gasteiger partial charge in [-0.05, 0) is 98.4 Å². The van der Waals surface area contributed by atoms with Crippen molar-refractivity contribution in [2.75, 3.05) is 4.90 Å². The molecule has 0 aliphatic heterocycles. The van der Waals surface area contributed by atoms with Gasteiger partial charge in [0.1, 0.15) is 11.0 Å². The van der Waals surface area contributed by atoms with Crippen LogP contribution in [0.25, 0.3) is 82.3 Å². The number of para-hydroxylation sites is 1. The summed E-state index contributed by atoms with van der Waals surface area (Å²) in [5.74, 6) is 0. The van der Waals surface area contributed by atoms with Crippen molar-refractivity contribution in [2.24, 2.45) is 0 Å². The van der Waals surface area contributed by atoms with E-state index in [1.807, 2.05) is 0 Å². The van der Waals surface area contributed by atoms with Gasteiger partial charge in [-0.3, -0.25) is 0 Å². The Balaban J connectivity index is 1.02. The van der Waals surface area contributed by atoms with Gasteiger partial charge in [0.2, 0.25) is 0 Å². The first-order chi connectivity index (χ1) is 28.9. The molecule has 9 aromatic carbocycles. The number of fused-ring (bicyclic) bond motifs is 8. The SMILES string of the molecule is CC(C)(C)c1ccc(-c2cccc(N(c3ccccc3)c3ccc(-c4ccc(-n5c6ccc7ccccc7c6c6ccc7ccccc7c65)cc4)c4nsnc34)c2)cc1. The molecule has 11 aromatic rings. The first-order valence-corrected chi connectivity index (χ1v) is 20.9. The minimum atomic E-state index is 0.100. The van der Waals surface area contributed by atoms with Crippen molar-refractivity contribution in [3.8, 4) is 27.9 Å². The van der Waals surface area contributed by atoms with Crippen LogP contribution in [0.4, 0.5) is 17.1 Å². The standard InChI is InChI=1S/C54H40N4S/c1-54(2,3)40-26-20-35(21-27-40)39-14-11-17-43(34-39)57(41-15-5-4-6-16-41)49-33-31-45(51-52(49)56-59-55-51)38-22-28-42(29-23-38)58-48-32-25-36-12-7-9-18-44(36)50(48)47-30-24-37-13-8-10-19-46(37)53(47)58/h4-34H,1-3H3. The predicted octanol–water partition coefficient (Wildman–Crippen LogP) is 15.2. The van der Waals surface area contributed by atoms with Crippen LogP contribution in [0.15, 0.2) is 188 Å². The fraction of sp³-hybridized carbons (Fsp3) is 0.0741. The van der Waals surface area contributed by atoms with Gasteiger partial charge < -0.3 is 9.47 Å². The molecule has 0 saturated carbocycles. The summed E-state index contributed by atoms with van der Waals surface area (Å²) in [6.45, 7) is 6.76. The summed E-state index contributed by atoms with van der Waals surface area (Å²) >= 11 is 1.26. The van der Waals surface area contributed by atoms with Crippen LogP contribution < -0.4 is 4.90 Å². The van der Waals surface area contributed by atoms with Gasteiger partial charge in [-0.15, -0.1) is 0 Å². The number of hydrogen-bond acceptors (Lipinski definition) is 4. The lowest BCUT2D eigenvalue weighted by Crippen LogP contribution is -2.11. The lowest BCUT2D eigenvalue weighted by Gasteiger charge is -2.26. The summed E-state index contributed by atoms with van der Waals surface area (Å²) < 4.78 is 12.3. The zero-order valence-corrected chi connectivity index (χ0v) is 33.9. The molecular formula is C54H40N4S. The fourth-order valence-electron chi connectivity index (χ4n) is 8.86. The van der Waals surface area contributed by atoms with Crippen LogP contribution in [0, 0.1) is 0 Å². The highest BCUT2D eigenvalue weighted by atomic mass is 32.1. The van der Waals surface area contributed by atoms with E-state index < -0.39 is 0 Å². The Kier molecular flexibility index (Phi) is 8.21. The highest BCUT2D eigenvalue weighted by Gasteiger charge is 2.22. The Labute approximate surface area is 347 Å². The molecule has 59 heavy (non-hydrogen) atoms. The van der Waals surface area contributed by atoms with Crippen LogP contribution in [0.5, 0.6) is 0 Å². The van der Waals surface area contributed by atoms with Crippen molar-refractivity contribution in [2.45, 2.75) is 26.2 Å². The highest BCUT2D eigenvalue weighted by Crippen LogP contribution is 2.44. The second-order valence-electron chi connectivity index (χ2n) is 16.4. The van der Waals surface area contributed by atoms with Crippen LogP contribution in [-0.2, 0) is 5.41 Å². The smallest absolute Gasteiger partial charge is 0.129 e. The molecule has 5 heteroatoms. The summed E-state index contributed by atoms with van der Waals surface area (Å²) in [5, 5.41) is 7.53. The zero-order chi connectivity index (χ0) is 39.7. The Hall–Kier alpha value is -7.08. The molecule has 2 heterocycles. The summed E-state index contributed by atoms with van der Waals surface area (Å²) in [7, 11) is 0. The lowest BCUT2D eigenvalue weighted by molar-refractivity contribution is 0.590. The summed E-state index contributed by atoms with van der Waals surface area (Å²) in [5.41, 5.74) is 14.4. The minimum Gasteiger partial charge on any atom is -0.309 e. The lowest BCUT2D eigenvalue weighted by atomic mass is 9.86. The second-order valence-corrected chi connectivity index (χ2v) is 16.9. The molecule has 282 valence electrons. The first kappa shape index (κ1) is 35.1. The van der Waals surface area contributed by atoms with Gasteiger partial charge in [0, 0.05) is 38.8 Å². The summed E-state index contributed by atoms with van der Waals surface area (Å²) in [6, 6.07) is 68.2. The average Bonchev–Trinajstić information content (AvgIpc) is 3.91. The van der Waals surface area contributed by atoms with Crippen LogP contribution >= 0.6 is 11.7 Å². The average molecular weight is 777 g/mol. The van der Waals surface area contributed by atoms with Crippen molar-refractivity contribution >= 4 is 83.2 Å². The van der Waals surface area contributed by atoms with E-state index in [0.29, 0.717) is 0 Å². The van der Waals surface area contributed by atoms with Crippen molar-refractivity contribution in [1.82, 2.24) is 13.3 Å². The largest absolute Gasteiger partial charge is 0.309 e. The normalized spacial score (nSPS) is 12.0. The number of aromatic nitrogens is 3. The van der Waals surface area contributed by atoms with Gasteiger partial charge in [-0.1, -0.05) is 154 Å². The first-order valence-electron chi connectivity index (χ1n) is 20.2. The van der Waals surface area contributed by atoms with Crippen molar-refractivity contribution in [3.05, 3.63) is 194 Å². The molecule has 11 rings (SSSR count). The van der Waals surface area contributed by atoms with Gasteiger partial charge in [0.05, 0.1) is 28.4 Å². The Morgan fingerprint density at radius 3 is 1.93 bits per heavy atom. The van der Waals surface area contributed by atoms with Crippen LogP contribution in [0.3, 0.4) is 0 Å². The van der Waals surface area contributed by atoms with Gasteiger partial charge >= 0.3 is 0 Å². The van der Waals surface area contributed by atoms with E-state index in [2.05, 4.69) is 218 Å². The fourth-order valence-corrected chi connectivity index (χ4v) is 9.43. The molecular weight excluding hydrogens is 737 g/mol. The minimum absolute atomic E-state index is 0.100. The molecule has 0 N–H and O–H groups in total. The van der Waals surface area contributed by atoms with E-state index in [-0.39, 0.29) is 5.41 Å². The molecule has 0 spiro atoms. The molecule has 0 amide bonds. The van der Waals surface area contributed by atoms with E-state index in [1.54, 1.807) is 0 Å². The zero-order valence-electron chi connectivity index (χ0n) is 33.1. The van der Waals surface area contributed by atoms with Crippen LogP contribution in [0.2, 0.25) is 0 Å². The molecule has 0 aliphatic rings. The molecule has 2 aromatic heterocycles. The summed E-state index contributed by atoms with van der Waals surface area (Å²) in [6.07, 6.45) is 0. The Morgan fingerprint density at radius 1 is 0.492 bits per heavy atom. The highest BCUT2D eigenvalue weighted by molar-refractivity contribution is 7.00. The number of rotatable bonds is 6. The molecule has 0 fully saturated rings. The van der Waals surface area contributed by atoms with Crippen molar-refractivity contribution in [3.63, 3.8) is 0 Å². The van der Waals surface area contributed by atoms with Crippen LogP contribution in [0.1, 0.15) is 26.3 Å². The number of hydrogen-bond donors (Lipinski definition) is 0. The van der Waals surface area contributed by atoms with Crippen molar-refractivity contribution < 1.29 is 0 Å². The summed E-state index contributed by atoms with van der Waals surface area (Å²) in [4.78, 5) is 2.31. The van der Waals surface area contributed by atoms with Gasteiger partial charge in [0.15, 0.2) is 0 Å². The quantitative estimate of drug-likeness (QED) is 0.169. The maximum Gasteiger partial charge on any atom is 0.129 e. The monoisotopic (exact) mass is 776 g/mol. The van der Waals surface area contributed by atoms with E-state index >= 15 is 0 Å². The molecule has 4 nitrogen and oxygen atoms in total. The third-order valence-corrected chi connectivity index (χ3v) is 12.3. The predicted molar refractivity (Wildman–Crippen MR) is 251 cm³/mol. The molecule has 0 radical (unpaired) electrons. The van der Waals surface area contributed by atoms with E-state index in [4.69, 9.17) is 8.75 Å². The van der Waals surface area contributed by atoms with Crippen LogP contribution in [-0.4, -0.2) is 13.3 Å². The Bertz CT molecular complexity index is 3350. The van der Waals surface area contributed by atoms with E-state index in [9.17, 15) is 0 Å². The van der Waals surface area contributed by atoms with E-state index in [1.165, 1.54) is 66.2 Å².